The van der Waals surface area contributed by atoms with Gasteiger partial charge in [0.05, 0.1) is 5.56 Å². The maximum atomic E-state index is 11.9. The molecule has 0 fully saturated rings. The van der Waals surface area contributed by atoms with Crippen molar-refractivity contribution in [2.45, 2.75) is 26.2 Å². The molecule has 1 amide bonds. The maximum Gasteiger partial charge on any atom is 0.266 e. The van der Waals surface area contributed by atoms with Gasteiger partial charge < -0.3 is 14.8 Å². The van der Waals surface area contributed by atoms with Crippen LogP contribution in [0, 0.1) is 0 Å². The van der Waals surface area contributed by atoms with Gasteiger partial charge in [-0.3, -0.25) is 9.59 Å². The molecule has 2 rings (SSSR count). The Bertz CT molecular complexity index is 693. The van der Waals surface area contributed by atoms with Crippen molar-refractivity contribution in [3.8, 4) is 0 Å². The maximum absolute atomic E-state index is 11.9. The highest BCUT2D eigenvalue weighted by Crippen LogP contribution is 2.10. The van der Waals surface area contributed by atoms with Crippen LogP contribution in [0.1, 0.15) is 41.8 Å². The lowest BCUT2D eigenvalue weighted by atomic mass is 10.2. The fourth-order valence-corrected chi connectivity index (χ4v) is 1.75. The largest absolute Gasteiger partial charge is 0.352 e. The molecule has 0 aliphatic rings. The number of H-pyrrole nitrogens is 1. The van der Waals surface area contributed by atoms with Crippen LogP contribution in [0.15, 0.2) is 21.6 Å². The Hall–Kier alpha value is -2.15. The molecule has 0 bridgehead atoms. The van der Waals surface area contributed by atoms with Gasteiger partial charge >= 0.3 is 0 Å². The minimum Gasteiger partial charge on any atom is -0.352 e. The van der Waals surface area contributed by atoms with E-state index in [9.17, 15) is 9.59 Å². The van der Waals surface area contributed by atoms with Gasteiger partial charge in [0.15, 0.2) is 5.82 Å². The van der Waals surface area contributed by atoms with Crippen molar-refractivity contribution < 1.29 is 9.32 Å². The van der Waals surface area contributed by atoms with Crippen molar-refractivity contribution in [2.24, 2.45) is 0 Å². The molecule has 112 valence electrons. The predicted molar refractivity (Wildman–Crippen MR) is 76.5 cm³/mol. The second-order valence-electron chi connectivity index (χ2n) is 4.77. The molecule has 2 aromatic heterocycles. The number of amides is 1. The van der Waals surface area contributed by atoms with E-state index in [4.69, 9.17) is 16.1 Å². The van der Waals surface area contributed by atoms with Crippen molar-refractivity contribution in [3.63, 3.8) is 0 Å². The first-order chi connectivity index (χ1) is 9.97. The second kappa shape index (κ2) is 6.53. The number of aromatic nitrogens is 3. The number of hydrogen-bond acceptors (Lipinski definition) is 5. The summed E-state index contributed by atoms with van der Waals surface area (Å²) < 4.78 is 5.07. The van der Waals surface area contributed by atoms with Crippen LogP contribution in [-0.4, -0.2) is 27.6 Å². The Morgan fingerprint density at radius 1 is 1.52 bits per heavy atom. The number of carbonyl (C=O) groups excluding carboxylic acids is 1. The summed E-state index contributed by atoms with van der Waals surface area (Å²) in [6, 6.07) is 1.32. The van der Waals surface area contributed by atoms with E-state index in [2.05, 4.69) is 20.4 Å². The van der Waals surface area contributed by atoms with Crippen molar-refractivity contribution in [1.29, 1.82) is 0 Å². The molecule has 0 atom stereocenters. The first kappa shape index (κ1) is 15.2. The van der Waals surface area contributed by atoms with E-state index in [1.165, 1.54) is 12.3 Å². The van der Waals surface area contributed by atoms with Crippen LogP contribution in [-0.2, 0) is 6.42 Å². The van der Waals surface area contributed by atoms with Crippen LogP contribution in [0.4, 0.5) is 0 Å². The van der Waals surface area contributed by atoms with Gasteiger partial charge in [0.2, 0.25) is 5.89 Å². The zero-order valence-electron chi connectivity index (χ0n) is 11.6. The molecule has 0 unspecified atom stereocenters. The topological polar surface area (TPSA) is 101 Å². The van der Waals surface area contributed by atoms with Gasteiger partial charge in [-0.2, -0.15) is 4.98 Å². The van der Waals surface area contributed by atoms with Gasteiger partial charge in [0.1, 0.15) is 5.02 Å². The van der Waals surface area contributed by atoms with Crippen molar-refractivity contribution in [1.82, 2.24) is 20.4 Å². The van der Waals surface area contributed by atoms with Gasteiger partial charge in [0, 0.05) is 25.1 Å². The van der Waals surface area contributed by atoms with Crippen molar-refractivity contribution in [2.75, 3.05) is 6.54 Å². The van der Waals surface area contributed by atoms with E-state index in [1.807, 2.05) is 13.8 Å². The number of halogens is 1. The third-order valence-corrected chi connectivity index (χ3v) is 3.01. The van der Waals surface area contributed by atoms with Gasteiger partial charge in [-0.25, -0.2) is 0 Å². The Labute approximate surface area is 125 Å². The van der Waals surface area contributed by atoms with Gasteiger partial charge in [0.25, 0.3) is 11.5 Å². The molecule has 0 aliphatic carbocycles. The van der Waals surface area contributed by atoms with E-state index in [-0.39, 0.29) is 22.4 Å². The molecular weight excluding hydrogens is 296 g/mol. The Kier molecular flexibility index (Phi) is 4.74. The molecule has 2 aromatic rings. The highest BCUT2D eigenvalue weighted by molar-refractivity contribution is 6.30. The van der Waals surface area contributed by atoms with E-state index in [0.29, 0.717) is 24.7 Å². The number of nitrogens with zero attached hydrogens (tertiary/aromatic N) is 2. The molecule has 0 spiro atoms. The summed E-state index contributed by atoms with van der Waals surface area (Å²) in [7, 11) is 0. The van der Waals surface area contributed by atoms with Crippen LogP contribution in [0.25, 0.3) is 0 Å². The van der Waals surface area contributed by atoms with E-state index < -0.39 is 5.56 Å². The van der Waals surface area contributed by atoms with Crippen LogP contribution in [0.5, 0.6) is 0 Å². The van der Waals surface area contributed by atoms with Crippen LogP contribution < -0.4 is 10.9 Å². The second-order valence-corrected chi connectivity index (χ2v) is 5.18. The molecular formula is C13H15ClN4O3. The fraction of sp³-hybridized carbons (Fsp3) is 0.385. The molecule has 0 aromatic carbocycles. The Morgan fingerprint density at radius 2 is 2.29 bits per heavy atom. The van der Waals surface area contributed by atoms with Crippen LogP contribution in [0.3, 0.4) is 0 Å². The summed E-state index contributed by atoms with van der Waals surface area (Å²) >= 11 is 5.66. The molecule has 0 saturated carbocycles. The third-order valence-electron chi connectivity index (χ3n) is 2.73. The molecule has 0 saturated heterocycles. The molecule has 2 heterocycles. The summed E-state index contributed by atoms with van der Waals surface area (Å²) in [6.45, 7) is 4.27. The lowest BCUT2D eigenvalue weighted by Crippen LogP contribution is -2.26. The van der Waals surface area contributed by atoms with E-state index in [0.717, 1.165) is 0 Å². The average molecular weight is 311 g/mol. The quantitative estimate of drug-likeness (QED) is 0.871. The zero-order chi connectivity index (χ0) is 15.4. The number of nitrogens with one attached hydrogen (secondary N) is 2. The smallest absolute Gasteiger partial charge is 0.266 e. The highest BCUT2D eigenvalue weighted by atomic mass is 35.5. The number of pyridine rings is 1. The highest BCUT2D eigenvalue weighted by Gasteiger charge is 2.11. The number of rotatable bonds is 5. The number of aromatic amines is 1. The monoisotopic (exact) mass is 310 g/mol. The first-order valence-corrected chi connectivity index (χ1v) is 6.84. The summed E-state index contributed by atoms with van der Waals surface area (Å²) in [6.07, 6.45) is 1.77. The van der Waals surface area contributed by atoms with Crippen LogP contribution in [0.2, 0.25) is 5.02 Å². The SMILES string of the molecule is CC(C)c1nc(CCNC(=O)c2c[nH]c(=O)c(Cl)c2)no1. The van der Waals surface area contributed by atoms with Crippen molar-refractivity contribution in [3.05, 3.63) is 44.9 Å². The predicted octanol–water partition coefficient (Wildman–Crippen LogP) is 1.51. The van der Waals surface area contributed by atoms with Gasteiger partial charge in [-0.05, 0) is 6.07 Å². The lowest BCUT2D eigenvalue weighted by Gasteiger charge is -2.03. The average Bonchev–Trinajstić information content (AvgIpc) is 2.91. The summed E-state index contributed by atoms with van der Waals surface area (Å²) in [5.74, 6) is 0.951. The number of carbonyl (C=O) groups is 1. The molecule has 7 nitrogen and oxygen atoms in total. The Morgan fingerprint density at radius 3 is 2.90 bits per heavy atom. The minimum absolute atomic E-state index is 0.0256. The first-order valence-electron chi connectivity index (χ1n) is 6.46. The molecule has 21 heavy (non-hydrogen) atoms. The molecule has 2 N–H and O–H groups in total. The molecule has 0 aliphatic heterocycles. The van der Waals surface area contributed by atoms with Gasteiger partial charge in [-0.15, -0.1) is 0 Å². The number of hydrogen-bond donors (Lipinski definition) is 2. The van der Waals surface area contributed by atoms with E-state index in [1.54, 1.807) is 0 Å². The fourth-order valence-electron chi connectivity index (χ4n) is 1.58. The normalized spacial score (nSPS) is 10.9. The zero-order valence-corrected chi connectivity index (χ0v) is 12.4. The Balaban J connectivity index is 1.88. The molecule has 0 radical (unpaired) electrons. The lowest BCUT2D eigenvalue weighted by molar-refractivity contribution is 0.0953. The summed E-state index contributed by atoms with van der Waals surface area (Å²) in [4.78, 5) is 29.6. The summed E-state index contributed by atoms with van der Waals surface area (Å²) in [5.41, 5.74) is -0.142. The van der Waals surface area contributed by atoms with Gasteiger partial charge in [-0.1, -0.05) is 30.6 Å². The molecule has 8 heteroatoms. The standard InChI is InChI=1S/C13H15ClN4O3/c1-7(2)13-17-10(18-21-13)3-4-15-11(19)8-5-9(14)12(20)16-6-8/h5-7H,3-4H2,1-2H3,(H,15,19)(H,16,20). The van der Waals surface area contributed by atoms with Crippen molar-refractivity contribution >= 4 is 17.5 Å². The minimum atomic E-state index is -0.429. The third kappa shape index (κ3) is 3.91. The summed E-state index contributed by atoms with van der Waals surface area (Å²) in [5, 5.41) is 6.49. The van der Waals surface area contributed by atoms with Crippen LogP contribution >= 0.6 is 11.6 Å². The van der Waals surface area contributed by atoms with E-state index >= 15 is 0 Å².